The number of carbonyl (C=O) groups excluding carboxylic acids is 4. The van der Waals surface area contributed by atoms with E-state index in [1.165, 1.54) is 7.11 Å². The minimum atomic E-state index is -0.757. The van der Waals surface area contributed by atoms with E-state index in [9.17, 15) is 19.2 Å². The largest absolute Gasteiger partial charge is 0.497 e. The number of carbonyl (C=O) groups is 4. The molecule has 2 aromatic carbocycles. The predicted octanol–water partition coefficient (Wildman–Crippen LogP) is 2.09. The third kappa shape index (κ3) is 7.12. The summed E-state index contributed by atoms with van der Waals surface area (Å²) in [4.78, 5) is 50.0. The van der Waals surface area contributed by atoms with E-state index in [2.05, 4.69) is 10.6 Å². The second-order valence-corrected chi connectivity index (χ2v) is 6.68. The lowest BCUT2D eigenvalue weighted by Gasteiger charge is -2.19. The molecule has 0 unspecified atom stereocenters. The van der Waals surface area contributed by atoms with Crippen LogP contribution in [0.2, 0.25) is 0 Å². The van der Waals surface area contributed by atoms with E-state index < -0.39 is 24.4 Å². The Bertz CT molecular complexity index is 954. The van der Waals surface area contributed by atoms with Crippen LogP contribution in [0.15, 0.2) is 48.5 Å². The molecule has 2 N–H and O–H groups in total. The minimum Gasteiger partial charge on any atom is -0.497 e. The van der Waals surface area contributed by atoms with Crippen LogP contribution in [-0.2, 0) is 14.3 Å². The molecule has 0 aliphatic rings. The molecule has 0 aromatic heterocycles. The minimum absolute atomic E-state index is 0.134. The molecule has 2 rings (SSSR count). The van der Waals surface area contributed by atoms with Crippen LogP contribution < -0.4 is 15.4 Å². The van der Waals surface area contributed by atoms with Crippen molar-refractivity contribution in [1.82, 2.24) is 10.2 Å². The molecule has 0 heterocycles. The van der Waals surface area contributed by atoms with Crippen molar-refractivity contribution >= 4 is 29.4 Å². The van der Waals surface area contributed by atoms with E-state index in [4.69, 9.17) is 9.47 Å². The Morgan fingerprint density at radius 3 is 2.25 bits per heavy atom. The highest BCUT2D eigenvalue weighted by Gasteiger charge is 2.14. The van der Waals surface area contributed by atoms with Crippen LogP contribution in [0.4, 0.5) is 5.69 Å². The van der Waals surface area contributed by atoms with Gasteiger partial charge in [-0.15, -0.1) is 0 Å². The molecule has 32 heavy (non-hydrogen) atoms. The molecule has 0 aliphatic heterocycles. The van der Waals surface area contributed by atoms with Gasteiger partial charge in [0.15, 0.2) is 6.61 Å². The summed E-state index contributed by atoms with van der Waals surface area (Å²) in [5.41, 5.74) is 1.22. The first-order valence-corrected chi connectivity index (χ1v) is 10.1. The highest BCUT2D eigenvalue weighted by molar-refractivity contribution is 5.98. The quantitative estimate of drug-likeness (QED) is 0.546. The van der Waals surface area contributed by atoms with Gasteiger partial charge in [0, 0.05) is 29.9 Å². The summed E-state index contributed by atoms with van der Waals surface area (Å²) in [6, 6.07) is 12.9. The molecule has 9 nitrogen and oxygen atoms in total. The van der Waals surface area contributed by atoms with E-state index >= 15 is 0 Å². The Balaban J connectivity index is 1.80. The third-order valence-corrected chi connectivity index (χ3v) is 4.55. The van der Waals surface area contributed by atoms with Gasteiger partial charge in [0.25, 0.3) is 17.7 Å². The van der Waals surface area contributed by atoms with Crippen LogP contribution in [0.25, 0.3) is 0 Å². The monoisotopic (exact) mass is 441 g/mol. The van der Waals surface area contributed by atoms with Gasteiger partial charge in [0.2, 0.25) is 0 Å². The summed E-state index contributed by atoms with van der Waals surface area (Å²) < 4.78 is 9.91. The van der Waals surface area contributed by atoms with E-state index in [0.717, 1.165) is 0 Å². The zero-order chi connectivity index (χ0) is 23.5. The molecule has 0 saturated heterocycles. The van der Waals surface area contributed by atoms with Gasteiger partial charge in [0.05, 0.1) is 7.11 Å². The molecule has 0 fully saturated rings. The van der Waals surface area contributed by atoms with Gasteiger partial charge in [-0.3, -0.25) is 19.2 Å². The van der Waals surface area contributed by atoms with Gasteiger partial charge >= 0.3 is 5.97 Å². The number of hydrogen-bond acceptors (Lipinski definition) is 6. The number of hydrogen-bond donors (Lipinski definition) is 2. The number of esters is 1. The van der Waals surface area contributed by atoms with Crippen molar-refractivity contribution in [3.8, 4) is 5.75 Å². The molecule has 0 bridgehead atoms. The van der Waals surface area contributed by atoms with Crippen LogP contribution in [0.1, 0.15) is 34.6 Å². The first kappa shape index (κ1) is 24.4. The Hall–Kier alpha value is -3.88. The van der Waals surface area contributed by atoms with E-state index in [0.29, 0.717) is 35.7 Å². The lowest BCUT2D eigenvalue weighted by molar-refractivity contribution is -0.146. The van der Waals surface area contributed by atoms with Gasteiger partial charge in [0.1, 0.15) is 12.3 Å². The maximum atomic E-state index is 12.4. The molecule has 0 spiro atoms. The Morgan fingerprint density at radius 1 is 0.938 bits per heavy atom. The smallest absolute Gasteiger partial charge is 0.325 e. The number of amides is 3. The number of nitrogens with one attached hydrogen (secondary N) is 2. The molecule has 3 amide bonds. The molecule has 0 saturated carbocycles. The molecule has 9 heteroatoms. The first-order chi connectivity index (χ1) is 15.4. The molecule has 0 atom stereocenters. The zero-order valence-electron chi connectivity index (χ0n) is 18.3. The topological polar surface area (TPSA) is 114 Å². The number of benzene rings is 2. The van der Waals surface area contributed by atoms with Gasteiger partial charge < -0.3 is 25.0 Å². The highest BCUT2D eigenvalue weighted by atomic mass is 16.5. The van der Waals surface area contributed by atoms with Crippen LogP contribution in [0, 0.1) is 0 Å². The Labute approximate surface area is 186 Å². The summed E-state index contributed by atoms with van der Waals surface area (Å²) in [5.74, 6) is -1.30. The van der Waals surface area contributed by atoms with Gasteiger partial charge in [-0.1, -0.05) is 6.07 Å². The van der Waals surface area contributed by atoms with Crippen LogP contribution in [0.5, 0.6) is 5.75 Å². The van der Waals surface area contributed by atoms with E-state index in [1.807, 2.05) is 13.8 Å². The fraction of sp³-hybridized carbons (Fsp3) is 0.304. The fourth-order valence-corrected chi connectivity index (χ4v) is 2.81. The van der Waals surface area contributed by atoms with E-state index in [1.54, 1.807) is 53.4 Å². The summed E-state index contributed by atoms with van der Waals surface area (Å²) in [6.45, 7) is 4.03. The van der Waals surface area contributed by atoms with Crippen molar-refractivity contribution < 1.29 is 28.7 Å². The second kappa shape index (κ2) is 12.1. The summed E-state index contributed by atoms with van der Waals surface area (Å²) in [7, 11) is 1.52. The summed E-state index contributed by atoms with van der Waals surface area (Å²) in [5, 5.41) is 5.01. The van der Waals surface area contributed by atoms with Gasteiger partial charge in [-0.2, -0.15) is 0 Å². The van der Waals surface area contributed by atoms with Crippen molar-refractivity contribution in [2.24, 2.45) is 0 Å². The normalized spacial score (nSPS) is 10.1. The maximum absolute atomic E-state index is 12.4. The molecule has 0 aliphatic carbocycles. The van der Waals surface area contributed by atoms with Crippen molar-refractivity contribution in [1.29, 1.82) is 0 Å². The number of ether oxygens (including phenoxy) is 2. The SMILES string of the molecule is CCN(CC)C(=O)c1cccc(NC(=O)COC(=O)CNC(=O)c2ccc(OC)cc2)c1. The van der Waals surface area contributed by atoms with E-state index in [-0.39, 0.29) is 12.5 Å². The third-order valence-electron chi connectivity index (χ3n) is 4.55. The van der Waals surface area contributed by atoms with Crippen LogP contribution in [0.3, 0.4) is 0 Å². The fourth-order valence-electron chi connectivity index (χ4n) is 2.81. The lowest BCUT2D eigenvalue weighted by atomic mass is 10.1. The molecular weight excluding hydrogens is 414 g/mol. The Morgan fingerprint density at radius 2 is 1.62 bits per heavy atom. The van der Waals surface area contributed by atoms with Gasteiger partial charge in [-0.05, 0) is 56.3 Å². The maximum Gasteiger partial charge on any atom is 0.325 e. The van der Waals surface area contributed by atoms with Crippen LogP contribution >= 0.6 is 0 Å². The predicted molar refractivity (Wildman–Crippen MR) is 119 cm³/mol. The first-order valence-electron chi connectivity index (χ1n) is 10.1. The summed E-state index contributed by atoms with van der Waals surface area (Å²) >= 11 is 0. The standard InChI is InChI=1S/C23H27N3O6/c1-4-26(5-2)23(30)17-7-6-8-18(13-17)25-20(27)15-32-21(28)14-24-22(29)16-9-11-19(31-3)12-10-16/h6-13H,4-5,14-15H2,1-3H3,(H,24,29)(H,25,27). The lowest BCUT2D eigenvalue weighted by Crippen LogP contribution is -2.32. The Kier molecular flexibility index (Phi) is 9.22. The summed E-state index contributed by atoms with van der Waals surface area (Å²) in [6.07, 6.45) is 0. The molecule has 170 valence electrons. The number of anilines is 1. The van der Waals surface area contributed by atoms with Crippen molar-refractivity contribution in [3.63, 3.8) is 0 Å². The van der Waals surface area contributed by atoms with Gasteiger partial charge in [-0.25, -0.2) is 0 Å². The zero-order valence-corrected chi connectivity index (χ0v) is 18.3. The number of methoxy groups -OCH3 is 1. The van der Waals surface area contributed by atoms with Crippen molar-refractivity contribution in [2.75, 3.05) is 38.7 Å². The van der Waals surface area contributed by atoms with Crippen LogP contribution in [-0.4, -0.2) is 61.9 Å². The van der Waals surface area contributed by atoms with Crippen molar-refractivity contribution in [2.45, 2.75) is 13.8 Å². The molecular formula is C23H27N3O6. The molecule has 2 aromatic rings. The average molecular weight is 441 g/mol. The number of nitrogens with zero attached hydrogens (tertiary/aromatic N) is 1. The average Bonchev–Trinajstić information content (AvgIpc) is 2.82. The highest BCUT2D eigenvalue weighted by Crippen LogP contribution is 2.13. The molecule has 0 radical (unpaired) electrons. The van der Waals surface area contributed by atoms with Crippen molar-refractivity contribution in [3.05, 3.63) is 59.7 Å². The second-order valence-electron chi connectivity index (χ2n) is 6.68. The number of rotatable bonds is 10.